The first-order valence-electron chi connectivity index (χ1n) is 10.4. The van der Waals surface area contributed by atoms with Crippen LogP contribution in [0.4, 0.5) is 4.79 Å². The Bertz CT molecular complexity index is 1130. The van der Waals surface area contributed by atoms with E-state index in [2.05, 4.69) is 61.5 Å². The molecule has 0 spiro atoms. The molecule has 2 heterocycles. The molecular weight excluding hydrogens is 460 g/mol. The molecule has 2 aromatic carbocycles. The number of likely N-dealkylation sites (tertiary alicyclic amines) is 1. The van der Waals surface area contributed by atoms with Gasteiger partial charge in [0, 0.05) is 16.6 Å². The Morgan fingerprint density at radius 2 is 1.97 bits per heavy atom. The predicted molar refractivity (Wildman–Crippen MR) is 123 cm³/mol. The number of hydrogen-bond acceptors (Lipinski definition) is 3. The van der Waals surface area contributed by atoms with Gasteiger partial charge in [0.1, 0.15) is 11.9 Å². The topological polar surface area (TPSA) is 98.3 Å². The Labute approximate surface area is 189 Å². The molecule has 3 N–H and O–H groups in total. The van der Waals surface area contributed by atoms with Crippen molar-refractivity contribution in [1.82, 2.24) is 20.2 Å². The fraction of sp³-hybridized carbons (Fsp3) is 0.348. The van der Waals surface area contributed by atoms with Crippen molar-refractivity contribution in [3.63, 3.8) is 0 Å². The molecule has 1 aliphatic rings. The highest BCUT2D eigenvalue weighted by atomic mass is 79.9. The molecule has 0 radical (unpaired) electrons. The molecule has 0 bridgehead atoms. The van der Waals surface area contributed by atoms with Crippen molar-refractivity contribution in [2.75, 3.05) is 6.54 Å². The molecule has 8 heteroatoms. The van der Waals surface area contributed by atoms with Crippen molar-refractivity contribution in [3.05, 3.63) is 52.9 Å². The minimum atomic E-state index is -1.19. The lowest BCUT2D eigenvalue weighted by Gasteiger charge is -2.29. The number of fused-ring (bicyclic) bond motifs is 1. The van der Waals surface area contributed by atoms with Crippen molar-refractivity contribution in [2.24, 2.45) is 5.92 Å². The number of aromatic nitrogens is 2. The van der Waals surface area contributed by atoms with Crippen LogP contribution in [0.3, 0.4) is 0 Å². The summed E-state index contributed by atoms with van der Waals surface area (Å²) < 4.78 is 1.04. The standard InChI is InChI=1S/C23H25BrN4O3/c1-13(2)20(27-23(30)31)22(29)28-9-3-4-19(28)21-25-12-18(26-21)16-6-5-15-11-17(24)8-7-14(15)10-16/h5-8,10-13,19-20,27H,3-4,9H2,1-2H3,(H,25,26)(H,30,31)/t19-,20-/m0/s1. The van der Waals surface area contributed by atoms with Crippen LogP contribution in [0.15, 0.2) is 47.1 Å². The predicted octanol–water partition coefficient (Wildman–Crippen LogP) is 4.95. The van der Waals surface area contributed by atoms with Gasteiger partial charge in [-0.25, -0.2) is 9.78 Å². The highest BCUT2D eigenvalue weighted by Crippen LogP contribution is 2.33. The molecule has 0 unspecified atom stereocenters. The first kappa shape index (κ1) is 21.4. The number of nitrogens with zero attached hydrogens (tertiary/aromatic N) is 2. The number of benzene rings is 2. The van der Waals surface area contributed by atoms with Gasteiger partial charge < -0.3 is 20.3 Å². The summed E-state index contributed by atoms with van der Waals surface area (Å²) in [5.41, 5.74) is 1.92. The van der Waals surface area contributed by atoms with Gasteiger partial charge in [-0.3, -0.25) is 4.79 Å². The van der Waals surface area contributed by atoms with Gasteiger partial charge in [0.05, 0.1) is 17.9 Å². The van der Waals surface area contributed by atoms with Crippen molar-refractivity contribution >= 4 is 38.7 Å². The highest BCUT2D eigenvalue weighted by molar-refractivity contribution is 9.10. The van der Waals surface area contributed by atoms with Gasteiger partial charge in [0.25, 0.3) is 0 Å². The Hall–Kier alpha value is -2.87. The van der Waals surface area contributed by atoms with Gasteiger partial charge in [-0.05, 0) is 47.7 Å². The van der Waals surface area contributed by atoms with E-state index in [0.717, 1.165) is 45.2 Å². The number of H-pyrrole nitrogens is 1. The third-order valence-corrected chi connectivity index (χ3v) is 6.27. The number of halogens is 1. The molecule has 7 nitrogen and oxygen atoms in total. The van der Waals surface area contributed by atoms with Crippen LogP contribution in [0.2, 0.25) is 0 Å². The van der Waals surface area contributed by atoms with Crippen LogP contribution in [-0.4, -0.2) is 44.6 Å². The van der Waals surface area contributed by atoms with Crippen LogP contribution in [-0.2, 0) is 4.79 Å². The SMILES string of the molecule is CC(C)[C@H](NC(=O)O)C(=O)N1CCC[C@H]1c1ncc(-c2ccc3cc(Br)ccc3c2)[nH]1. The lowest BCUT2D eigenvalue weighted by Crippen LogP contribution is -2.50. The largest absolute Gasteiger partial charge is 0.465 e. The third kappa shape index (κ3) is 4.44. The first-order valence-corrected chi connectivity index (χ1v) is 11.2. The van der Waals surface area contributed by atoms with Gasteiger partial charge in [-0.15, -0.1) is 0 Å². The number of carboxylic acid groups (broad SMARTS) is 1. The molecule has 1 aromatic heterocycles. The summed E-state index contributed by atoms with van der Waals surface area (Å²) in [4.78, 5) is 34.0. The molecule has 1 fully saturated rings. The number of hydrogen-bond donors (Lipinski definition) is 3. The smallest absolute Gasteiger partial charge is 0.405 e. The second-order valence-corrected chi connectivity index (χ2v) is 9.16. The summed E-state index contributed by atoms with van der Waals surface area (Å²) in [5.74, 6) is 0.387. The maximum atomic E-state index is 13.1. The van der Waals surface area contributed by atoms with E-state index in [-0.39, 0.29) is 17.9 Å². The van der Waals surface area contributed by atoms with Crippen LogP contribution < -0.4 is 5.32 Å². The van der Waals surface area contributed by atoms with E-state index in [1.54, 1.807) is 11.1 Å². The number of aromatic amines is 1. The maximum Gasteiger partial charge on any atom is 0.405 e. The van der Waals surface area contributed by atoms with Gasteiger partial charge in [0.15, 0.2) is 0 Å². The van der Waals surface area contributed by atoms with E-state index >= 15 is 0 Å². The zero-order valence-corrected chi connectivity index (χ0v) is 19.0. The van der Waals surface area contributed by atoms with Crippen molar-refractivity contribution in [1.29, 1.82) is 0 Å². The van der Waals surface area contributed by atoms with Crippen molar-refractivity contribution in [3.8, 4) is 11.3 Å². The molecule has 162 valence electrons. The summed E-state index contributed by atoms with van der Waals surface area (Å²) in [5, 5.41) is 13.8. The van der Waals surface area contributed by atoms with Gasteiger partial charge in [-0.1, -0.05) is 48.0 Å². The second kappa shape index (κ2) is 8.70. The summed E-state index contributed by atoms with van der Waals surface area (Å²) in [7, 11) is 0. The average molecular weight is 485 g/mol. The lowest BCUT2D eigenvalue weighted by molar-refractivity contribution is -0.135. The van der Waals surface area contributed by atoms with Crippen LogP contribution in [0.1, 0.15) is 38.6 Å². The molecule has 0 saturated carbocycles. The average Bonchev–Trinajstić information content (AvgIpc) is 3.40. The molecule has 3 aromatic rings. The van der Waals surface area contributed by atoms with Crippen molar-refractivity contribution in [2.45, 2.75) is 38.8 Å². The van der Waals surface area contributed by atoms with Crippen LogP contribution in [0.5, 0.6) is 0 Å². The second-order valence-electron chi connectivity index (χ2n) is 8.25. The summed E-state index contributed by atoms with van der Waals surface area (Å²) in [6.07, 6.45) is 2.26. The molecule has 2 atom stereocenters. The molecular formula is C23H25BrN4O3. The van der Waals surface area contributed by atoms with E-state index in [4.69, 9.17) is 5.11 Å². The Morgan fingerprint density at radius 1 is 1.23 bits per heavy atom. The van der Waals surface area contributed by atoms with E-state index in [1.165, 1.54) is 0 Å². The van der Waals surface area contributed by atoms with E-state index in [9.17, 15) is 9.59 Å². The molecule has 1 saturated heterocycles. The molecule has 31 heavy (non-hydrogen) atoms. The number of amides is 2. The summed E-state index contributed by atoms with van der Waals surface area (Å²) in [6, 6.07) is 11.4. The molecule has 0 aliphatic carbocycles. The van der Waals surface area contributed by atoms with Crippen LogP contribution in [0, 0.1) is 5.92 Å². The highest BCUT2D eigenvalue weighted by Gasteiger charge is 2.37. The van der Waals surface area contributed by atoms with E-state index in [0.29, 0.717) is 6.54 Å². The molecule has 4 rings (SSSR count). The van der Waals surface area contributed by atoms with E-state index in [1.807, 2.05) is 19.9 Å². The normalized spacial score (nSPS) is 17.3. The minimum Gasteiger partial charge on any atom is -0.465 e. The number of carbonyl (C=O) groups excluding carboxylic acids is 1. The minimum absolute atomic E-state index is 0.144. The molecule has 2 amide bonds. The maximum absolute atomic E-state index is 13.1. The van der Waals surface area contributed by atoms with Gasteiger partial charge in [0.2, 0.25) is 5.91 Å². The van der Waals surface area contributed by atoms with E-state index < -0.39 is 12.1 Å². The number of nitrogens with one attached hydrogen (secondary N) is 2. The third-order valence-electron chi connectivity index (χ3n) is 5.77. The van der Waals surface area contributed by atoms with Gasteiger partial charge in [-0.2, -0.15) is 0 Å². The number of imidazole rings is 1. The number of carbonyl (C=O) groups is 2. The first-order chi connectivity index (χ1) is 14.8. The van der Waals surface area contributed by atoms with Crippen LogP contribution >= 0.6 is 15.9 Å². The Morgan fingerprint density at radius 3 is 2.71 bits per heavy atom. The van der Waals surface area contributed by atoms with Gasteiger partial charge >= 0.3 is 6.09 Å². The zero-order chi connectivity index (χ0) is 22.1. The lowest BCUT2D eigenvalue weighted by atomic mass is 10.0. The van der Waals surface area contributed by atoms with Crippen molar-refractivity contribution < 1.29 is 14.7 Å². The Balaban J connectivity index is 1.58. The summed E-state index contributed by atoms with van der Waals surface area (Å²) >= 11 is 3.50. The number of rotatable bonds is 5. The fourth-order valence-corrected chi connectivity index (χ4v) is 4.56. The fourth-order valence-electron chi connectivity index (χ4n) is 4.18. The quantitative estimate of drug-likeness (QED) is 0.477. The Kier molecular flexibility index (Phi) is 6.00. The van der Waals surface area contributed by atoms with Crippen LogP contribution in [0.25, 0.3) is 22.0 Å². The zero-order valence-electron chi connectivity index (χ0n) is 17.4. The monoisotopic (exact) mass is 484 g/mol. The molecule has 1 aliphatic heterocycles. The summed E-state index contributed by atoms with van der Waals surface area (Å²) in [6.45, 7) is 4.27.